The Hall–Kier alpha value is -1.43. The first kappa shape index (κ1) is 12.6. The number of rotatable bonds is 4. The van der Waals surface area contributed by atoms with E-state index in [1.54, 1.807) is 6.07 Å². The molecule has 0 atom stereocenters. The van der Waals surface area contributed by atoms with Gasteiger partial charge >= 0.3 is 5.97 Å². The number of amides is 1. The van der Waals surface area contributed by atoms with Crippen LogP contribution in [0.25, 0.3) is 0 Å². The summed E-state index contributed by atoms with van der Waals surface area (Å²) in [7, 11) is 0. The number of carboxylic acid groups (broad SMARTS) is 1. The van der Waals surface area contributed by atoms with E-state index >= 15 is 0 Å². The van der Waals surface area contributed by atoms with E-state index in [2.05, 4.69) is 5.32 Å². The van der Waals surface area contributed by atoms with E-state index in [4.69, 9.17) is 9.52 Å². The number of hydrogen-bond donors (Lipinski definition) is 2. The van der Waals surface area contributed by atoms with Gasteiger partial charge in [-0.15, -0.1) is 0 Å². The van der Waals surface area contributed by atoms with E-state index < -0.39 is 17.4 Å². The third-order valence-electron chi connectivity index (χ3n) is 1.97. The van der Waals surface area contributed by atoms with E-state index in [9.17, 15) is 9.59 Å². The standard InChI is InChI=1S/C10H13NO4S/c1-10(2,9(13)14)11-8(12)6-4-5-7(15-6)16-3/h4-5H,1-3H3,(H,11,12)(H,13,14). The predicted octanol–water partition coefficient (Wildman–Crippen LogP) is 1.59. The van der Waals surface area contributed by atoms with Gasteiger partial charge in [0.25, 0.3) is 5.91 Å². The van der Waals surface area contributed by atoms with Crippen LogP contribution < -0.4 is 5.32 Å². The monoisotopic (exact) mass is 243 g/mol. The molecule has 1 amide bonds. The molecule has 0 aliphatic rings. The zero-order valence-electron chi connectivity index (χ0n) is 9.23. The van der Waals surface area contributed by atoms with Gasteiger partial charge in [-0.3, -0.25) is 4.79 Å². The minimum Gasteiger partial charge on any atom is -0.480 e. The normalized spacial score (nSPS) is 11.2. The number of aliphatic carboxylic acids is 1. The minimum atomic E-state index is -1.32. The van der Waals surface area contributed by atoms with Crippen molar-refractivity contribution in [3.63, 3.8) is 0 Å². The summed E-state index contributed by atoms with van der Waals surface area (Å²) in [4.78, 5) is 22.4. The van der Waals surface area contributed by atoms with Crippen LogP contribution in [0.2, 0.25) is 0 Å². The fourth-order valence-corrected chi connectivity index (χ4v) is 1.33. The number of carbonyl (C=O) groups excluding carboxylic acids is 1. The van der Waals surface area contributed by atoms with Crippen molar-refractivity contribution in [1.82, 2.24) is 5.32 Å². The average Bonchev–Trinajstić information content (AvgIpc) is 2.64. The molecule has 0 saturated heterocycles. The lowest BCUT2D eigenvalue weighted by Gasteiger charge is -2.19. The van der Waals surface area contributed by atoms with Gasteiger partial charge in [0.05, 0.1) is 0 Å². The van der Waals surface area contributed by atoms with E-state index in [1.807, 2.05) is 6.26 Å². The van der Waals surface area contributed by atoms with E-state index in [0.717, 1.165) is 0 Å². The molecule has 0 bridgehead atoms. The lowest BCUT2D eigenvalue weighted by molar-refractivity contribution is -0.143. The molecule has 1 aromatic heterocycles. The summed E-state index contributed by atoms with van der Waals surface area (Å²) >= 11 is 1.37. The zero-order chi connectivity index (χ0) is 12.3. The first-order valence-corrected chi connectivity index (χ1v) is 5.79. The summed E-state index contributed by atoms with van der Waals surface area (Å²) in [5.41, 5.74) is -1.32. The van der Waals surface area contributed by atoms with Crippen molar-refractivity contribution >= 4 is 23.6 Å². The lowest BCUT2D eigenvalue weighted by atomic mass is 10.1. The Kier molecular flexibility index (Phi) is 3.64. The third-order valence-corrected chi connectivity index (χ3v) is 2.59. The van der Waals surface area contributed by atoms with E-state index in [-0.39, 0.29) is 5.76 Å². The summed E-state index contributed by atoms with van der Waals surface area (Å²) in [5.74, 6) is -1.52. The number of hydrogen-bond acceptors (Lipinski definition) is 4. The number of thioether (sulfide) groups is 1. The quantitative estimate of drug-likeness (QED) is 0.785. The van der Waals surface area contributed by atoms with Gasteiger partial charge in [-0.2, -0.15) is 0 Å². The summed E-state index contributed by atoms with van der Waals surface area (Å²) in [6.07, 6.45) is 1.82. The van der Waals surface area contributed by atoms with Crippen molar-refractivity contribution < 1.29 is 19.1 Å². The zero-order valence-corrected chi connectivity index (χ0v) is 10.1. The van der Waals surface area contributed by atoms with Crippen molar-refractivity contribution in [2.45, 2.75) is 24.5 Å². The molecule has 16 heavy (non-hydrogen) atoms. The van der Waals surface area contributed by atoms with Crippen LogP contribution in [-0.4, -0.2) is 28.8 Å². The summed E-state index contributed by atoms with van der Waals surface area (Å²) in [6, 6.07) is 3.17. The average molecular weight is 243 g/mol. The minimum absolute atomic E-state index is 0.110. The Morgan fingerprint density at radius 2 is 2.06 bits per heavy atom. The summed E-state index contributed by atoms with van der Waals surface area (Å²) in [6.45, 7) is 2.82. The molecule has 0 aliphatic heterocycles. The summed E-state index contributed by atoms with van der Waals surface area (Å²) < 4.78 is 5.18. The van der Waals surface area contributed by atoms with Gasteiger partial charge in [0.15, 0.2) is 10.9 Å². The predicted molar refractivity (Wildman–Crippen MR) is 59.7 cm³/mol. The number of nitrogens with one attached hydrogen (secondary N) is 1. The Morgan fingerprint density at radius 3 is 2.50 bits per heavy atom. The maximum absolute atomic E-state index is 11.6. The fourth-order valence-electron chi connectivity index (χ4n) is 0.951. The highest BCUT2D eigenvalue weighted by Gasteiger charge is 2.30. The first-order valence-electron chi connectivity index (χ1n) is 4.56. The largest absolute Gasteiger partial charge is 0.480 e. The van der Waals surface area contributed by atoms with Gasteiger partial charge in [-0.05, 0) is 32.2 Å². The molecular weight excluding hydrogens is 230 g/mol. The lowest BCUT2D eigenvalue weighted by Crippen LogP contribution is -2.49. The van der Waals surface area contributed by atoms with Gasteiger partial charge in [0, 0.05) is 0 Å². The summed E-state index contributed by atoms with van der Waals surface area (Å²) in [5, 5.41) is 11.8. The van der Waals surface area contributed by atoms with Crippen LogP contribution in [0.3, 0.4) is 0 Å². The number of carboxylic acids is 1. The smallest absolute Gasteiger partial charge is 0.328 e. The van der Waals surface area contributed by atoms with Crippen molar-refractivity contribution in [2.24, 2.45) is 0 Å². The van der Waals surface area contributed by atoms with Crippen LogP contribution in [0.1, 0.15) is 24.4 Å². The van der Waals surface area contributed by atoms with Crippen molar-refractivity contribution in [2.75, 3.05) is 6.26 Å². The molecule has 0 fully saturated rings. The molecule has 6 heteroatoms. The van der Waals surface area contributed by atoms with E-state index in [1.165, 1.54) is 31.7 Å². The molecule has 0 radical (unpaired) electrons. The second kappa shape index (κ2) is 4.61. The number of furan rings is 1. The molecule has 5 nitrogen and oxygen atoms in total. The molecular formula is C10H13NO4S. The van der Waals surface area contributed by atoms with Crippen molar-refractivity contribution in [3.05, 3.63) is 17.9 Å². The Balaban J connectivity index is 2.76. The fraction of sp³-hybridized carbons (Fsp3) is 0.400. The van der Waals surface area contributed by atoms with Crippen LogP contribution in [0.4, 0.5) is 0 Å². The highest BCUT2D eigenvalue weighted by atomic mass is 32.2. The molecule has 0 spiro atoms. The second-order valence-corrected chi connectivity index (χ2v) is 4.52. The molecule has 1 rings (SSSR count). The second-order valence-electron chi connectivity index (χ2n) is 3.71. The van der Waals surface area contributed by atoms with Gasteiger partial charge in [-0.25, -0.2) is 4.79 Å². The van der Waals surface area contributed by atoms with Gasteiger partial charge in [0.2, 0.25) is 0 Å². The van der Waals surface area contributed by atoms with E-state index in [0.29, 0.717) is 5.09 Å². The Morgan fingerprint density at radius 1 is 1.44 bits per heavy atom. The van der Waals surface area contributed by atoms with Gasteiger partial charge in [-0.1, -0.05) is 11.8 Å². The van der Waals surface area contributed by atoms with Crippen LogP contribution in [-0.2, 0) is 4.79 Å². The third kappa shape index (κ3) is 2.79. The topological polar surface area (TPSA) is 79.5 Å². The Bertz CT molecular complexity index is 411. The van der Waals surface area contributed by atoms with Crippen LogP contribution in [0.15, 0.2) is 21.6 Å². The van der Waals surface area contributed by atoms with Gasteiger partial charge in [0.1, 0.15) is 5.54 Å². The number of carbonyl (C=O) groups is 2. The van der Waals surface area contributed by atoms with Crippen LogP contribution in [0.5, 0.6) is 0 Å². The highest BCUT2D eigenvalue weighted by molar-refractivity contribution is 7.98. The molecule has 1 heterocycles. The Labute approximate surface area is 97.2 Å². The maximum Gasteiger partial charge on any atom is 0.328 e. The SMILES string of the molecule is CSc1ccc(C(=O)NC(C)(C)C(=O)O)o1. The van der Waals surface area contributed by atoms with Crippen molar-refractivity contribution in [1.29, 1.82) is 0 Å². The first-order chi connectivity index (χ1) is 7.36. The molecule has 0 aromatic carbocycles. The highest BCUT2D eigenvalue weighted by Crippen LogP contribution is 2.18. The molecule has 2 N–H and O–H groups in total. The molecule has 0 unspecified atom stereocenters. The molecule has 88 valence electrons. The van der Waals surface area contributed by atoms with Crippen LogP contribution >= 0.6 is 11.8 Å². The molecule has 0 saturated carbocycles. The van der Waals surface area contributed by atoms with Crippen molar-refractivity contribution in [3.8, 4) is 0 Å². The molecule has 1 aromatic rings. The van der Waals surface area contributed by atoms with Gasteiger partial charge < -0.3 is 14.8 Å². The maximum atomic E-state index is 11.6. The molecule has 0 aliphatic carbocycles. The van der Waals surface area contributed by atoms with Crippen LogP contribution in [0, 0.1) is 0 Å².